The van der Waals surface area contributed by atoms with Gasteiger partial charge in [0.05, 0.1) is 20.8 Å². The number of benzene rings is 1. The minimum absolute atomic E-state index is 0.0179. The molecule has 30 heavy (non-hydrogen) atoms. The highest BCUT2D eigenvalue weighted by atomic mass is 16.5. The molecule has 1 saturated heterocycles. The van der Waals surface area contributed by atoms with Crippen LogP contribution in [0.25, 0.3) is 6.08 Å². The van der Waals surface area contributed by atoms with Crippen LogP contribution in [0, 0.1) is 0 Å². The van der Waals surface area contributed by atoms with Crippen molar-refractivity contribution < 1.29 is 33.0 Å². The number of ether oxygens (including phenoxy) is 3. The average Bonchev–Trinajstić information content (AvgIpc) is 3.32. The Hall–Kier alpha value is -4.01. The fraction of sp³-hybridized carbons (Fsp3) is 0.190. The number of imide groups is 1. The van der Waals surface area contributed by atoms with Crippen molar-refractivity contribution in [2.75, 3.05) is 20.8 Å². The van der Waals surface area contributed by atoms with Crippen molar-refractivity contribution in [2.24, 2.45) is 0 Å². The van der Waals surface area contributed by atoms with Crippen LogP contribution in [0.1, 0.15) is 21.9 Å². The summed E-state index contributed by atoms with van der Waals surface area (Å²) in [6, 6.07) is 7.48. The van der Waals surface area contributed by atoms with Crippen LogP contribution in [-0.2, 0) is 16.1 Å². The Kier molecular flexibility index (Phi) is 6.21. The van der Waals surface area contributed by atoms with E-state index in [4.69, 9.17) is 13.9 Å². The van der Waals surface area contributed by atoms with E-state index in [1.807, 2.05) is 0 Å². The summed E-state index contributed by atoms with van der Waals surface area (Å²) in [4.78, 5) is 37.5. The smallest absolute Gasteiger partial charge is 0.373 e. The predicted molar refractivity (Wildman–Crippen MR) is 106 cm³/mol. The second-order valence-corrected chi connectivity index (χ2v) is 6.12. The molecule has 1 aromatic carbocycles. The van der Waals surface area contributed by atoms with Gasteiger partial charge < -0.3 is 23.9 Å². The number of amides is 3. The Morgan fingerprint density at radius 3 is 2.73 bits per heavy atom. The molecule has 2 aromatic rings. The molecule has 1 N–H and O–H groups in total. The molecule has 1 aromatic heterocycles. The zero-order chi connectivity index (χ0) is 21.7. The Labute approximate surface area is 172 Å². The summed E-state index contributed by atoms with van der Waals surface area (Å²) in [5.74, 6) is -0.0581. The summed E-state index contributed by atoms with van der Waals surface area (Å²) >= 11 is 0. The molecule has 9 nitrogen and oxygen atoms in total. The maximum atomic E-state index is 12.8. The van der Waals surface area contributed by atoms with Crippen LogP contribution in [0.4, 0.5) is 4.79 Å². The molecule has 0 atom stereocenters. The van der Waals surface area contributed by atoms with E-state index in [9.17, 15) is 14.4 Å². The normalized spacial score (nSPS) is 14.6. The summed E-state index contributed by atoms with van der Waals surface area (Å²) in [6.07, 6.45) is 3.09. The summed E-state index contributed by atoms with van der Waals surface area (Å²) in [6.45, 7) is 3.72. The van der Waals surface area contributed by atoms with Crippen molar-refractivity contribution in [3.63, 3.8) is 0 Å². The number of rotatable bonds is 8. The SMILES string of the molecule is C=CCOc1c(/C=C2/NC(=O)N(Cc3ccc(C(=O)OC)o3)C2=O)cccc1OC. The molecule has 0 spiro atoms. The van der Waals surface area contributed by atoms with Gasteiger partial charge in [0.15, 0.2) is 11.5 Å². The maximum Gasteiger partial charge on any atom is 0.373 e. The monoisotopic (exact) mass is 412 g/mol. The van der Waals surface area contributed by atoms with Gasteiger partial charge in [-0.15, -0.1) is 0 Å². The highest BCUT2D eigenvalue weighted by molar-refractivity contribution is 6.14. The molecule has 9 heteroatoms. The van der Waals surface area contributed by atoms with E-state index in [0.717, 1.165) is 4.90 Å². The number of nitrogens with one attached hydrogen (secondary N) is 1. The summed E-state index contributed by atoms with van der Waals surface area (Å²) < 4.78 is 20.9. The number of hydrogen-bond acceptors (Lipinski definition) is 7. The number of para-hydroxylation sites is 1. The van der Waals surface area contributed by atoms with Crippen molar-refractivity contribution in [2.45, 2.75) is 6.54 Å². The van der Waals surface area contributed by atoms with Crippen LogP contribution in [0.3, 0.4) is 0 Å². The zero-order valence-electron chi connectivity index (χ0n) is 16.5. The summed E-state index contributed by atoms with van der Waals surface area (Å²) in [5.41, 5.74) is 0.615. The van der Waals surface area contributed by atoms with Crippen molar-refractivity contribution in [1.82, 2.24) is 10.2 Å². The molecule has 156 valence electrons. The molecule has 0 bridgehead atoms. The lowest BCUT2D eigenvalue weighted by molar-refractivity contribution is -0.123. The van der Waals surface area contributed by atoms with Crippen molar-refractivity contribution in [3.8, 4) is 11.5 Å². The lowest BCUT2D eigenvalue weighted by Gasteiger charge is -2.12. The molecule has 1 fully saturated rings. The number of urea groups is 1. The van der Waals surface area contributed by atoms with E-state index >= 15 is 0 Å². The first-order valence-corrected chi connectivity index (χ1v) is 8.90. The van der Waals surface area contributed by atoms with Crippen molar-refractivity contribution in [1.29, 1.82) is 0 Å². The first-order chi connectivity index (χ1) is 14.5. The first-order valence-electron chi connectivity index (χ1n) is 8.90. The van der Waals surface area contributed by atoms with E-state index in [2.05, 4.69) is 16.6 Å². The van der Waals surface area contributed by atoms with Gasteiger partial charge in [-0.1, -0.05) is 24.8 Å². The molecule has 1 aliphatic heterocycles. The molecule has 0 unspecified atom stereocenters. The van der Waals surface area contributed by atoms with Gasteiger partial charge in [0, 0.05) is 5.56 Å². The zero-order valence-corrected chi connectivity index (χ0v) is 16.5. The third kappa shape index (κ3) is 4.19. The third-order valence-corrected chi connectivity index (χ3v) is 4.20. The predicted octanol–water partition coefficient (Wildman–Crippen LogP) is 2.73. The molecule has 3 rings (SSSR count). The molecular formula is C21H20N2O7. The van der Waals surface area contributed by atoms with Crippen molar-refractivity contribution in [3.05, 3.63) is 65.8 Å². The lowest BCUT2D eigenvalue weighted by Crippen LogP contribution is -2.30. The van der Waals surface area contributed by atoms with Gasteiger partial charge in [0.2, 0.25) is 5.76 Å². The Morgan fingerprint density at radius 1 is 1.23 bits per heavy atom. The highest BCUT2D eigenvalue weighted by Crippen LogP contribution is 2.33. The number of furan rings is 1. The number of esters is 1. The van der Waals surface area contributed by atoms with Gasteiger partial charge in [-0.05, 0) is 24.3 Å². The van der Waals surface area contributed by atoms with Gasteiger partial charge >= 0.3 is 12.0 Å². The third-order valence-electron chi connectivity index (χ3n) is 4.20. The van der Waals surface area contributed by atoms with Crippen LogP contribution in [0.5, 0.6) is 11.5 Å². The number of carbonyl (C=O) groups is 3. The van der Waals surface area contributed by atoms with Crippen molar-refractivity contribution >= 4 is 24.0 Å². The fourth-order valence-corrected chi connectivity index (χ4v) is 2.80. The molecule has 3 amide bonds. The van der Waals surface area contributed by atoms with Crippen LogP contribution in [0.2, 0.25) is 0 Å². The number of hydrogen-bond donors (Lipinski definition) is 1. The second-order valence-electron chi connectivity index (χ2n) is 6.12. The number of methoxy groups -OCH3 is 2. The summed E-state index contributed by atoms with van der Waals surface area (Å²) in [5, 5.41) is 2.53. The van der Waals surface area contributed by atoms with E-state index in [0.29, 0.717) is 17.1 Å². The molecule has 1 aliphatic rings. The molecule has 0 aliphatic carbocycles. The Bertz CT molecular complexity index is 1020. The van der Waals surface area contributed by atoms with E-state index < -0.39 is 17.9 Å². The fourth-order valence-electron chi connectivity index (χ4n) is 2.80. The van der Waals surface area contributed by atoms with Crippen LogP contribution in [-0.4, -0.2) is 43.6 Å². The van der Waals surface area contributed by atoms with Gasteiger partial charge in [-0.25, -0.2) is 9.59 Å². The highest BCUT2D eigenvalue weighted by Gasteiger charge is 2.34. The number of carbonyl (C=O) groups excluding carboxylic acids is 3. The van der Waals surface area contributed by atoms with E-state index in [1.165, 1.54) is 32.4 Å². The van der Waals surface area contributed by atoms with Gasteiger partial charge in [0.1, 0.15) is 18.1 Å². The van der Waals surface area contributed by atoms with Crippen LogP contribution < -0.4 is 14.8 Å². The van der Waals surface area contributed by atoms with Gasteiger partial charge in [-0.3, -0.25) is 9.69 Å². The minimum atomic E-state index is -0.649. The molecule has 0 saturated carbocycles. The Morgan fingerprint density at radius 2 is 2.03 bits per heavy atom. The standard InChI is InChI=1S/C21H20N2O7/c1-4-10-29-18-13(6-5-7-16(18)27-2)11-15-19(24)23(21(26)22-15)12-14-8-9-17(30-14)20(25)28-3/h4-9,11H,1,10,12H2,2-3H3,(H,22,26)/b15-11+. The van der Waals surface area contributed by atoms with E-state index in [-0.39, 0.29) is 30.4 Å². The van der Waals surface area contributed by atoms with Crippen LogP contribution >= 0.6 is 0 Å². The van der Waals surface area contributed by atoms with Gasteiger partial charge in [-0.2, -0.15) is 0 Å². The maximum absolute atomic E-state index is 12.8. The van der Waals surface area contributed by atoms with Gasteiger partial charge in [0.25, 0.3) is 5.91 Å². The lowest BCUT2D eigenvalue weighted by atomic mass is 10.1. The largest absolute Gasteiger partial charge is 0.493 e. The van der Waals surface area contributed by atoms with E-state index in [1.54, 1.807) is 24.3 Å². The molecule has 2 heterocycles. The molecular weight excluding hydrogens is 392 g/mol. The Balaban J connectivity index is 1.84. The average molecular weight is 412 g/mol. The number of nitrogens with zero attached hydrogens (tertiary/aromatic N) is 1. The topological polar surface area (TPSA) is 107 Å². The first kappa shape index (κ1) is 20.7. The summed E-state index contributed by atoms with van der Waals surface area (Å²) in [7, 11) is 2.73. The van der Waals surface area contributed by atoms with Crippen LogP contribution in [0.15, 0.2) is 53.1 Å². The quantitative estimate of drug-likeness (QED) is 0.307. The molecule has 0 radical (unpaired) electrons. The second kappa shape index (κ2) is 8.99. The minimum Gasteiger partial charge on any atom is -0.493 e.